The number of rotatable bonds is 6. The van der Waals surface area contributed by atoms with Gasteiger partial charge in [0.25, 0.3) is 0 Å². The summed E-state index contributed by atoms with van der Waals surface area (Å²) in [4.78, 5) is 22.4. The number of hydrogen-bond donors (Lipinski definition) is 4. The fourth-order valence-corrected chi connectivity index (χ4v) is 1.06. The molecule has 0 fully saturated rings. The molecule has 0 bridgehead atoms. The number of aliphatic hydroxyl groups is 1. The number of amides is 1. The summed E-state index contributed by atoms with van der Waals surface area (Å²) in [5, 5.41) is 20.1. The number of nitrogens with one attached hydrogen (secondary N) is 1. The molecular formula is C11H22N2O5. The van der Waals surface area contributed by atoms with Crippen molar-refractivity contribution in [1.29, 1.82) is 0 Å². The maximum atomic E-state index is 11.6. The molecule has 0 aromatic rings. The van der Waals surface area contributed by atoms with Gasteiger partial charge < -0.3 is 26.0 Å². The number of carboxylic acid groups (broad SMARTS) is 1. The highest BCUT2D eigenvalue weighted by atomic mass is 16.5. The van der Waals surface area contributed by atoms with Crippen LogP contribution in [0.4, 0.5) is 0 Å². The maximum Gasteiger partial charge on any atom is 0.328 e. The third kappa shape index (κ3) is 6.53. The molecule has 0 saturated heterocycles. The van der Waals surface area contributed by atoms with E-state index in [0.29, 0.717) is 0 Å². The van der Waals surface area contributed by atoms with Gasteiger partial charge in [0.2, 0.25) is 5.91 Å². The largest absolute Gasteiger partial charge is 0.480 e. The Hall–Kier alpha value is -1.18. The van der Waals surface area contributed by atoms with E-state index in [1.54, 1.807) is 0 Å². The zero-order valence-electron chi connectivity index (χ0n) is 11.1. The van der Waals surface area contributed by atoms with Gasteiger partial charge in [-0.2, -0.15) is 0 Å². The minimum Gasteiger partial charge on any atom is -0.480 e. The lowest BCUT2D eigenvalue weighted by Crippen LogP contribution is -2.54. The Kier molecular flexibility index (Phi) is 6.23. The summed E-state index contributed by atoms with van der Waals surface area (Å²) in [5.41, 5.74) is 5.13. The Morgan fingerprint density at radius 1 is 1.39 bits per heavy atom. The predicted molar refractivity (Wildman–Crippen MR) is 64.9 cm³/mol. The highest BCUT2D eigenvalue weighted by Crippen LogP contribution is 2.06. The van der Waals surface area contributed by atoms with E-state index in [0.717, 1.165) is 0 Å². The number of aliphatic hydroxyl groups excluding tert-OH is 1. The lowest BCUT2D eigenvalue weighted by Gasteiger charge is -2.23. The SMILES string of the molecule is C[C@@H](O)[C@H](NC(=O)[C@@H](N)COC(C)(C)C)C(=O)O. The smallest absolute Gasteiger partial charge is 0.328 e. The molecule has 7 heteroatoms. The fourth-order valence-electron chi connectivity index (χ4n) is 1.06. The van der Waals surface area contributed by atoms with Crippen LogP contribution in [0, 0.1) is 0 Å². The fraction of sp³-hybridized carbons (Fsp3) is 0.818. The van der Waals surface area contributed by atoms with E-state index >= 15 is 0 Å². The number of carbonyl (C=O) groups is 2. The molecule has 0 radical (unpaired) electrons. The average molecular weight is 262 g/mol. The van der Waals surface area contributed by atoms with Crippen molar-refractivity contribution in [3.63, 3.8) is 0 Å². The van der Waals surface area contributed by atoms with E-state index < -0.39 is 35.7 Å². The second-order valence-electron chi connectivity index (χ2n) is 5.09. The van der Waals surface area contributed by atoms with E-state index in [4.69, 9.17) is 15.6 Å². The summed E-state index contributed by atoms with van der Waals surface area (Å²) in [6, 6.07) is -2.36. The average Bonchev–Trinajstić information content (AvgIpc) is 2.19. The monoisotopic (exact) mass is 262 g/mol. The highest BCUT2D eigenvalue weighted by Gasteiger charge is 2.27. The topological polar surface area (TPSA) is 122 Å². The predicted octanol–water partition coefficient (Wildman–Crippen LogP) is -0.921. The van der Waals surface area contributed by atoms with Gasteiger partial charge >= 0.3 is 5.97 Å². The Morgan fingerprint density at radius 3 is 2.22 bits per heavy atom. The first-order chi connectivity index (χ1) is 8.04. The van der Waals surface area contributed by atoms with E-state index in [2.05, 4.69) is 5.32 Å². The Balaban J connectivity index is 4.34. The molecule has 0 spiro atoms. The van der Waals surface area contributed by atoms with Crippen LogP contribution in [0.25, 0.3) is 0 Å². The molecule has 3 atom stereocenters. The van der Waals surface area contributed by atoms with Crippen LogP contribution in [0.2, 0.25) is 0 Å². The molecule has 7 nitrogen and oxygen atoms in total. The molecule has 18 heavy (non-hydrogen) atoms. The molecule has 0 saturated carbocycles. The molecule has 106 valence electrons. The minimum absolute atomic E-state index is 0.0263. The molecule has 0 aliphatic heterocycles. The molecule has 0 aliphatic carbocycles. The molecule has 1 amide bonds. The van der Waals surface area contributed by atoms with Crippen molar-refractivity contribution in [2.75, 3.05) is 6.61 Å². The Bertz CT molecular complexity index is 298. The molecule has 0 unspecified atom stereocenters. The van der Waals surface area contributed by atoms with Crippen LogP contribution in [0.1, 0.15) is 27.7 Å². The van der Waals surface area contributed by atoms with E-state index in [9.17, 15) is 14.7 Å². The first-order valence-electron chi connectivity index (χ1n) is 5.65. The van der Waals surface area contributed by atoms with Gasteiger partial charge in [-0.15, -0.1) is 0 Å². The first kappa shape index (κ1) is 16.8. The van der Waals surface area contributed by atoms with Gasteiger partial charge in [-0.3, -0.25) is 4.79 Å². The quantitative estimate of drug-likeness (QED) is 0.491. The molecule has 0 aromatic carbocycles. The van der Waals surface area contributed by atoms with Crippen LogP contribution in [0.3, 0.4) is 0 Å². The normalized spacial score (nSPS) is 16.8. The maximum absolute atomic E-state index is 11.6. The van der Waals surface area contributed by atoms with E-state index in [1.165, 1.54) is 6.92 Å². The summed E-state index contributed by atoms with van der Waals surface area (Å²) < 4.78 is 5.32. The van der Waals surface area contributed by atoms with Crippen LogP contribution in [-0.2, 0) is 14.3 Å². The molecule has 0 heterocycles. The first-order valence-corrected chi connectivity index (χ1v) is 5.65. The Labute approximate surface area is 106 Å². The van der Waals surface area contributed by atoms with Gasteiger partial charge in [-0.1, -0.05) is 0 Å². The van der Waals surface area contributed by atoms with Crippen molar-refractivity contribution >= 4 is 11.9 Å². The van der Waals surface area contributed by atoms with Crippen LogP contribution in [-0.4, -0.2) is 52.5 Å². The van der Waals surface area contributed by atoms with Crippen LogP contribution < -0.4 is 11.1 Å². The lowest BCUT2D eigenvalue weighted by molar-refractivity contribution is -0.145. The number of carboxylic acids is 1. The van der Waals surface area contributed by atoms with Crippen LogP contribution in [0.15, 0.2) is 0 Å². The summed E-state index contributed by atoms with van der Waals surface area (Å²) in [5.74, 6) is -1.99. The number of ether oxygens (including phenoxy) is 1. The van der Waals surface area contributed by atoms with E-state index in [1.807, 2.05) is 20.8 Å². The number of hydrogen-bond acceptors (Lipinski definition) is 5. The summed E-state index contributed by atoms with van der Waals surface area (Å²) in [6.07, 6.45) is -1.21. The third-order valence-electron chi connectivity index (χ3n) is 2.08. The number of nitrogens with two attached hydrogens (primary N) is 1. The second kappa shape index (κ2) is 6.67. The number of carbonyl (C=O) groups excluding carboxylic acids is 1. The zero-order valence-corrected chi connectivity index (χ0v) is 11.1. The van der Waals surface area contributed by atoms with Gasteiger partial charge in [-0.05, 0) is 27.7 Å². The molecule has 0 aliphatic rings. The molecule has 0 rings (SSSR count). The van der Waals surface area contributed by atoms with Crippen molar-refractivity contribution in [2.24, 2.45) is 5.73 Å². The van der Waals surface area contributed by atoms with Gasteiger partial charge in [0, 0.05) is 0 Å². The van der Waals surface area contributed by atoms with Crippen molar-refractivity contribution in [1.82, 2.24) is 5.32 Å². The van der Waals surface area contributed by atoms with Crippen LogP contribution >= 0.6 is 0 Å². The third-order valence-corrected chi connectivity index (χ3v) is 2.08. The van der Waals surface area contributed by atoms with Gasteiger partial charge in [0.15, 0.2) is 6.04 Å². The standard InChI is InChI=1S/C11H22N2O5/c1-6(14)8(10(16)17)13-9(15)7(12)5-18-11(2,3)4/h6-8,14H,5,12H2,1-4H3,(H,13,15)(H,16,17)/t6-,7+,8+/m1/s1. The second-order valence-corrected chi connectivity index (χ2v) is 5.09. The van der Waals surface area contributed by atoms with Gasteiger partial charge in [-0.25, -0.2) is 4.79 Å². The minimum atomic E-state index is -1.38. The van der Waals surface area contributed by atoms with Gasteiger partial charge in [0.05, 0.1) is 18.3 Å². The lowest BCUT2D eigenvalue weighted by atomic mass is 10.1. The van der Waals surface area contributed by atoms with Crippen LogP contribution in [0.5, 0.6) is 0 Å². The van der Waals surface area contributed by atoms with Crippen molar-refractivity contribution in [3.05, 3.63) is 0 Å². The molecule has 0 aromatic heterocycles. The molecule has 5 N–H and O–H groups in total. The van der Waals surface area contributed by atoms with Crippen molar-refractivity contribution in [3.8, 4) is 0 Å². The van der Waals surface area contributed by atoms with E-state index in [-0.39, 0.29) is 6.61 Å². The highest BCUT2D eigenvalue weighted by molar-refractivity contribution is 5.87. The molecular weight excluding hydrogens is 240 g/mol. The summed E-state index contributed by atoms with van der Waals surface area (Å²) in [6.45, 7) is 6.69. The van der Waals surface area contributed by atoms with Gasteiger partial charge in [0.1, 0.15) is 6.04 Å². The van der Waals surface area contributed by atoms with Crippen molar-refractivity contribution in [2.45, 2.75) is 51.5 Å². The summed E-state index contributed by atoms with van der Waals surface area (Å²) >= 11 is 0. The summed E-state index contributed by atoms with van der Waals surface area (Å²) in [7, 11) is 0. The van der Waals surface area contributed by atoms with Crippen molar-refractivity contribution < 1.29 is 24.5 Å². The Morgan fingerprint density at radius 2 is 1.89 bits per heavy atom. The number of aliphatic carboxylic acids is 1. The zero-order chi connectivity index (χ0) is 14.5.